The van der Waals surface area contributed by atoms with Gasteiger partial charge in [-0.1, -0.05) is 19.1 Å². The number of carbonyl (C=O) groups excluding carboxylic acids is 1. The Morgan fingerprint density at radius 2 is 2.21 bits per heavy atom. The highest BCUT2D eigenvalue weighted by Gasteiger charge is 2.16. The van der Waals surface area contributed by atoms with Crippen molar-refractivity contribution in [1.29, 1.82) is 0 Å². The van der Waals surface area contributed by atoms with E-state index in [0.717, 1.165) is 0 Å². The molecule has 0 saturated carbocycles. The third-order valence-electron chi connectivity index (χ3n) is 1.96. The van der Waals surface area contributed by atoms with Crippen LogP contribution < -0.4 is 0 Å². The molecule has 14 heavy (non-hydrogen) atoms. The molecule has 1 aromatic carbocycles. The molecule has 0 saturated heterocycles. The summed E-state index contributed by atoms with van der Waals surface area (Å²) in [5, 5.41) is 0. The van der Waals surface area contributed by atoms with Crippen molar-refractivity contribution < 1.29 is 13.9 Å². The highest BCUT2D eigenvalue weighted by molar-refractivity contribution is 5.89. The molecule has 75 valence electrons. The zero-order chi connectivity index (χ0) is 10.7. The smallest absolute Gasteiger partial charge is 0.340 e. The Morgan fingerprint density at radius 1 is 1.57 bits per heavy atom. The van der Waals surface area contributed by atoms with E-state index in [9.17, 15) is 9.18 Å². The van der Waals surface area contributed by atoms with Gasteiger partial charge in [-0.25, -0.2) is 9.18 Å². The summed E-state index contributed by atoms with van der Waals surface area (Å²) < 4.78 is 18.1. The molecule has 0 aliphatic rings. The molecule has 1 radical (unpaired) electrons. The molecule has 0 heterocycles. The van der Waals surface area contributed by atoms with Crippen LogP contribution in [0.5, 0.6) is 0 Å². The van der Waals surface area contributed by atoms with E-state index in [-0.39, 0.29) is 11.5 Å². The number of ether oxygens (including phenoxy) is 1. The molecule has 0 spiro atoms. The number of carbonyl (C=O) groups is 1. The predicted octanol–water partition coefficient (Wildman–Crippen LogP) is 2.55. The van der Waals surface area contributed by atoms with E-state index in [2.05, 4.69) is 11.7 Å². The Kier molecular flexibility index (Phi) is 3.23. The van der Waals surface area contributed by atoms with E-state index in [1.807, 2.05) is 0 Å². The van der Waals surface area contributed by atoms with Crippen LogP contribution in [-0.4, -0.2) is 13.1 Å². The van der Waals surface area contributed by atoms with Crippen molar-refractivity contribution >= 4 is 5.97 Å². The summed E-state index contributed by atoms with van der Waals surface area (Å²) in [5.74, 6) is -1.40. The minimum absolute atomic E-state index is 0.0412. The fourth-order valence-corrected chi connectivity index (χ4v) is 1.20. The molecule has 1 rings (SSSR count). The van der Waals surface area contributed by atoms with Crippen molar-refractivity contribution in [3.05, 3.63) is 42.1 Å². The lowest BCUT2D eigenvalue weighted by Gasteiger charge is -2.09. The summed E-state index contributed by atoms with van der Waals surface area (Å²) in [6.45, 7) is 5.47. The van der Waals surface area contributed by atoms with Gasteiger partial charge in [0.2, 0.25) is 0 Å². The van der Waals surface area contributed by atoms with Gasteiger partial charge in [0.05, 0.1) is 12.7 Å². The van der Waals surface area contributed by atoms with Gasteiger partial charge in [-0.15, -0.1) is 0 Å². The van der Waals surface area contributed by atoms with Gasteiger partial charge < -0.3 is 4.74 Å². The van der Waals surface area contributed by atoms with Gasteiger partial charge in [0, 0.05) is 0 Å². The zero-order valence-corrected chi connectivity index (χ0v) is 8.21. The lowest BCUT2D eigenvalue weighted by atomic mass is 10.00. The minimum Gasteiger partial charge on any atom is -0.465 e. The van der Waals surface area contributed by atoms with Gasteiger partial charge in [-0.05, 0) is 24.5 Å². The predicted molar refractivity (Wildman–Crippen MR) is 51.5 cm³/mol. The van der Waals surface area contributed by atoms with E-state index in [1.165, 1.54) is 13.2 Å². The SMILES string of the molecule is [CH2]C(C)c1cccc(C(=O)OC)c1F. The second kappa shape index (κ2) is 4.22. The van der Waals surface area contributed by atoms with Crippen LogP contribution >= 0.6 is 0 Å². The summed E-state index contributed by atoms with van der Waals surface area (Å²) in [6, 6.07) is 4.62. The van der Waals surface area contributed by atoms with Gasteiger partial charge in [0.15, 0.2) is 0 Å². The quantitative estimate of drug-likeness (QED) is 0.678. The highest BCUT2D eigenvalue weighted by Crippen LogP contribution is 2.21. The van der Waals surface area contributed by atoms with E-state index >= 15 is 0 Å². The van der Waals surface area contributed by atoms with Crippen molar-refractivity contribution in [3.8, 4) is 0 Å². The summed E-state index contributed by atoms with van der Waals surface area (Å²) in [6.07, 6.45) is 0. The van der Waals surface area contributed by atoms with E-state index < -0.39 is 11.8 Å². The Hall–Kier alpha value is -1.38. The number of esters is 1. The Balaban J connectivity index is 3.20. The third kappa shape index (κ3) is 1.92. The molecule has 3 heteroatoms. The van der Waals surface area contributed by atoms with Crippen LogP contribution in [0.15, 0.2) is 18.2 Å². The van der Waals surface area contributed by atoms with E-state index in [1.54, 1.807) is 19.1 Å². The number of hydrogen-bond donors (Lipinski definition) is 0. The molecule has 0 aliphatic carbocycles. The lowest BCUT2D eigenvalue weighted by molar-refractivity contribution is 0.0595. The summed E-state index contributed by atoms with van der Waals surface area (Å²) in [5.41, 5.74) is 0.383. The van der Waals surface area contributed by atoms with Crippen LogP contribution in [0.3, 0.4) is 0 Å². The van der Waals surface area contributed by atoms with Crippen molar-refractivity contribution in [1.82, 2.24) is 0 Å². The molecule has 2 nitrogen and oxygen atoms in total. The average Bonchev–Trinajstić information content (AvgIpc) is 2.16. The zero-order valence-electron chi connectivity index (χ0n) is 8.21. The number of rotatable bonds is 2. The van der Waals surface area contributed by atoms with Crippen LogP contribution in [0.4, 0.5) is 4.39 Å². The van der Waals surface area contributed by atoms with Crippen LogP contribution in [0.2, 0.25) is 0 Å². The topological polar surface area (TPSA) is 26.3 Å². The maximum atomic E-state index is 13.6. The van der Waals surface area contributed by atoms with E-state index in [0.29, 0.717) is 5.56 Å². The second-order valence-corrected chi connectivity index (χ2v) is 3.10. The lowest BCUT2D eigenvalue weighted by Crippen LogP contribution is -2.07. The van der Waals surface area contributed by atoms with Crippen LogP contribution in [0.1, 0.15) is 28.8 Å². The van der Waals surface area contributed by atoms with Crippen LogP contribution in [0, 0.1) is 12.7 Å². The van der Waals surface area contributed by atoms with Crippen molar-refractivity contribution in [2.75, 3.05) is 7.11 Å². The monoisotopic (exact) mass is 195 g/mol. The Labute approximate surface area is 82.7 Å². The molecule has 0 fully saturated rings. The summed E-state index contributed by atoms with van der Waals surface area (Å²) in [7, 11) is 1.22. The normalized spacial score (nSPS) is 10.4. The fraction of sp³-hybridized carbons (Fsp3) is 0.273. The molecule has 1 aromatic rings. The Bertz CT molecular complexity index is 345. The van der Waals surface area contributed by atoms with Crippen molar-refractivity contribution in [2.24, 2.45) is 0 Å². The second-order valence-electron chi connectivity index (χ2n) is 3.10. The molecule has 0 aromatic heterocycles. The van der Waals surface area contributed by atoms with Gasteiger partial charge in [-0.2, -0.15) is 0 Å². The molecule has 1 atom stereocenters. The molecule has 1 unspecified atom stereocenters. The maximum absolute atomic E-state index is 13.6. The standard InChI is InChI=1S/C11H12FO2/c1-7(2)8-5-4-6-9(10(8)12)11(13)14-3/h4-7H,1H2,2-3H3. The summed E-state index contributed by atoms with van der Waals surface area (Å²) in [4.78, 5) is 11.1. The third-order valence-corrected chi connectivity index (χ3v) is 1.96. The molecule has 0 bridgehead atoms. The number of benzene rings is 1. The maximum Gasteiger partial charge on any atom is 0.340 e. The van der Waals surface area contributed by atoms with Crippen LogP contribution in [-0.2, 0) is 4.74 Å². The first-order chi connectivity index (χ1) is 6.57. The van der Waals surface area contributed by atoms with Gasteiger partial charge in [-0.3, -0.25) is 0 Å². The number of methoxy groups -OCH3 is 1. The summed E-state index contributed by atoms with van der Waals surface area (Å²) >= 11 is 0. The number of hydrogen-bond acceptors (Lipinski definition) is 2. The first-order valence-electron chi connectivity index (χ1n) is 4.27. The molecular weight excluding hydrogens is 183 g/mol. The first kappa shape index (κ1) is 10.7. The highest BCUT2D eigenvalue weighted by atomic mass is 19.1. The minimum atomic E-state index is -0.662. The van der Waals surface area contributed by atoms with Crippen molar-refractivity contribution in [3.63, 3.8) is 0 Å². The van der Waals surface area contributed by atoms with Crippen molar-refractivity contribution in [2.45, 2.75) is 12.8 Å². The van der Waals surface area contributed by atoms with Gasteiger partial charge in [0.25, 0.3) is 0 Å². The van der Waals surface area contributed by atoms with Crippen LogP contribution in [0.25, 0.3) is 0 Å². The largest absolute Gasteiger partial charge is 0.465 e. The molecule has 0 aliphatic heterocycles. The molecule has 0 N–H and O–H groups in total. The fourth-order valence-electron chi connectivity index (χ4n) is 1.20. The van der Waals surface area contributed by atoms with E-state index in [4.69, 9.17) is 0 Å². The number of halogens is 1. The molecule has 0 amide bonds. The average molecular weight is 195 g/mol. The first-order valence-corrected chi connectivity index (χ1v) is 4.27. The molecular formula is C11H12FO2. The van der Waals surface area contributed by atoms with Gasteiger partial charge in [0.1, 0.15) is 5.82 Å². The Morgan fingerprint density at radius 3 is 2.71 bits per heavy atom. The van der Waals surface area contributed by atoms with Gasteiger partial charge >= 0.3 is 5.97 Å².